The van der Waals surface area contributed by atoms with E-state index in [9.17, 15) is 4.79 Å². The van der Waals surface area contributed by atoms with Crippen LogP contribution in [0, 0.1) is 0 Å². The normalized spacial score (nSPS) is 14.8. The largest absolute Gasteiger partial charge is 0.443 e. The average Bonchev–Trinajstić information content (AvgIpc) is 3.20. The number of pyridine rings is 1. The van der Waals surface area contributed by atoms with Crippen LogP contribution in [0.4, 0.5) is 5.82 Å². The monoisotopic (exact) mass is 398 g/mol. The number of nitrogens with one attached hydrogen (secondary N) is 1. The third kappa shape index (κ3) is 4.22. The van der Waals surface area contributed by atoms with Crippen molar-refractivity contribution < 1.29 is 13.9 Å². The number of halogens is 1. The summed E-state index contributed by atoms with van der Waals surface area (Å²) in [6.45, 7) is 4.15. The van der Waals surface area contributed by atoms with Crippen LogP contribution in [-0.4, -0.2) is 47.1 Å². The Balaban J connectivity index is 1.44. The fraction of sp³-hybridized carbons (Fsp3) is 0.250. The van der Waals surface area contributed by atoms with Crippen molar-refractivity contribution in [1.29, 1.82) is 0 Å². The molecule has 0 bridgehead atoms. The van der Waals surface area contributed by atoms with Gasteiger partial charge in [0.05, 0.1) is 18.2 Å². The highest BCUT2D eigenvalue weighted by atomic mass is 35.5. The van der Waals surface area contributed by atoms with Crippen LogP contribution in [0.2, 0.25) is 5.02 Å². The van der Waals surface area contributed by atoms with Crippen LogP contribution >= 0.6 is 11.6 Å². The number of ether oxygens (including phenoxy) is 1. The van der Waals surface area contributed by atoms with Crippen LogP contribution in [-0.2, 0) is 11.3 Å². The van der Waals surface area contributed by atoms with Gasteiger partial charge in [-0.15, -0.1) is 0 Å². The molecule has 0 unspecified atom stereocenters. The fourth-order valence-corrected chi connectivity index (χ4v) is 3.25. The number of carbonyl (C=O) groups excluding carboxylic acids is 1. The van der Waals surface area contributed by atoms with Crippen LogP contribution in [0.25, 0.3) is 11.3 Å². The first-order valence-corrected chi connectivity index (χ1v) is 9.33. The van der Waals surface area contributed by atoms with E-state index in [1.807, 2.05) is 18.2 Å². The standard InChI is InChI=1S/C20H19ClN4O3/c21-16-4-2-1-3-15(16)19-18(23-13-28-19)20(26)24-17-6-5-14(11-22-17)12-25-7-9-27-10-8-25/h1-6,11,13H,7-10,12H2,(H,22,24,26). The summed E-state index contributed by atoms with van der Waals surface area (Å²) in [5.41, 5.74) is 1.85. The number of hydrogen-bond acceptors (Lipinski definition) is 6. The molecule has 1 N–H and O–H groups in total. The molecule has 0 saturated carbocycles. The molecule has 1 aliphatic rings. The van der Waals surface area contributed by atoms with Crippen molar-refractivity contribution >= 4 is 23.3 Å². The molecule has 1 fully saturated rings. The second-order valence-electron chi connectivity index (χ2n) is 6.40. The Labute approximate surface area is 167 Å². The molecule has 7 nitrogen and oxygen atoms in total. The second-order valence-corrected chi connectivity index (χ2v) is 6.81. The number of rotatable bonds is 5. The zero-order valence-electron chi connectivity index (χ0n) is 15.1. The molecule has 4 rings (SSSR count). The lowest BCUT2D eigenvalue weighted by atomic mass is 10.1. The summed E-state index contributed by atoms with van der Waals surface area (Å²) in [5, 5.41) is 3.24. The number of aromatic nitrogens is 2. The Morgan fingerprint density at radius 3 is 2.71 bits per heavy atom. The quantitative estimate of drug-likeness (QED) is 0.708. The lowest BCUT2D eigenvalue weighted by molar-refractivity contribution is 0.0341. The van der Waals surface area contributed by atoms with E-state index in [1.54, 1.807) is 24.4 Å². The zero-order chi connectivity index (χ0) is 19.3. The van der Waals surface area contributed by atoms with E-state index < -0.39 is 5.91 Å². The Hall–Kier alpha value is -2.74. The molecule has 0 atom stereocenters. The van der Waals surface area contributed by atoms with E-state index in [0.717, 1.165) is 38.4 Å². The number of oxazole rings is 1. The molecule has 144 valence electrons. The van der Waals surface area contributed by atoms with Crippen LogP contribution in [0.15, 0.2) is 53.4 Å². The average molecular weight is 399 g/mol. The van der Waals surface area contributed by atoms with Crippen LogP contribution in [0.1, 0.15) is 16.1 Å². The van der Waals surface area contributed by atoms with E-state index >= 15 is 0 Å². The molecular formula is C20H19ClN4O3. The van der Waals surface area contributed by atoms with Crippen molar-refractivity contribution in [1.82, 2.24) is 14.9 Å². The first-order chi connectivity index (χ1) is 13.7. The molecule has 1 amide bonds. The van der Waals surface area contributed by atoms with E-state index in [1.165, 1.54) is 6.39 Å². The minimum atomic E-state index is -0.405. The van der Waals surface area contributed by atoms with Gasteiger partial charge >= 0.3 is 0 Å². The lowest BCUT2D eigenvalue weighted by Crippen LogP contribution is -2.35. The van der Waals surface area contributed by atoms with Crippen LogP contribution < -0.4 is 5.32 Å². The van der Waals surface area contributed by atoms with Gasteiger partial charge in [-0.25, -0.2) is 9.97 Å². The number of hydrogen-bond donors (Lipinski definition) is 1. The zero-order valence-corrected chi connectivity index (χ0v) is 15.9. The summed E-state index contributed by atoms with van der Waals surface area (Å²) in [6.07, 6.45) is 3.00. The molecule has 0 aliphatic carbocycles. The third-order valence-corrected chi connectivity index (χ3v) is 4.81. The number of nitrogens with zero attached hydrogens (tertiary/aromatic N) is 3. The molecule has 2 aromatic heterocycles. The van der Waals surface area contributed by atoms with E-state index in [4.69, 9.17) is 20.8 Å². The van der Waals surface area contributed by atoms with Crippen molar-refractivity contribution in [2.24, 2.45) is 0 Å². The highest BCUT2D eigenvalue weighted by Crippen LogP contribution is 2.30. The van der Waals surface area contributed by atoms with Crippen molar-refractivity contribution in [3.05, 3.63) is 65.3 Å². The molecule has 1 saturated heterocycles. The SMILES string of the molecule is O=C(Nc1ccc(CN2CCOCC2)cn1)c1ncoc1-c1ccccc1Cl. The van der Waals surface area contributed by atoms with Gasteiger partial charge in [0.15, 0.2) is 17.8 Å². The molecular weight excluding hydrogens is 380 g/mol. The summed E-state index contributed by atoms with van der Waals surface area (Å²) in [7, 11) is 0. The molecule has 3 aromatic rings. The summed E-state index contributed by atoms with van der Waals surface area (Å²) in [4.78, 5) is 23.3. The molecule has 8 heteroatoms. The number of morpholine rings is 1. The van der Waals surface area contributed by atoms with Gasteiger partial charge in [-0.3, -0.25) is 9.69 Å². The highest BCUT2D eigenvalue weighted by molar-refractivity contribution is 6.33. The molecule has 28 heavy (non-hydrogen) atoms. The van der Waals surface area contributed by atoms with E-state index in [-0.39, 0.29) is 5.69 Å². The summed E-state index contributed by atoms with van der Waals surface area (Å²) in [5.74, 6) is 0.368. The predicted molar refractivity (Wildman–Crippen MR) is 105 cm³/mol. The highest BCUT2D eigenvalue weighted by Gasteiger charge is 2.20. The van der Waals surface area contributed by atoms with Crippen molar-refractivity contribution in [2.45, 2.75) is 6.54 Å². The van der Waals surface area contributed by atoms with E-state index in [2.05, 4.69) is 20.2 Å². The molecule has 1 aliphatic heterocycles. The molecule has 1 aromatic carbocycles. The number of amides is 1. The maximum absolute atomic E-state index is 12.6. The first kappa shape index (κ1) is 18.6. The van der Waals surface area contributed by atoms with Gasteiger partial charge in [-0.2, -0.15) is 0 Å². The van der Waals surface area contributed by atoms with Crippen molar-refractivity contribution in [2.75, 3.05) is 31.6 Å². The van der Waals surface area contributed by atoms with Gasteiger partial charge in [0.1, 0.15) is 5.82 Å². The summed E-state index contributed by atoms with van der Waals surface area (Å²) in [6, 6.07) is 10.9. The first-order valence-electron chi connectivity index (χ1n) is 8.95. The van der Waals surface area contributed by atoms with E-state index in [0.29, 0.717) is 22.2 Å². The molecule has 3 heterocycles. The molecule has 0 radical (unpaired) electrons. The fourth-order valence-electron chi connectivity index (χ4n) is 3.03. The number of anilines is 1. The Kier molecular flexibility index (Phi) is 5.66. The minimum absolute atomic E-state index is 0.160. The van der Waals surface area contributed by atoms with Gasteiger partial charge in [0, 0.05) is 31.4 Å². The van der Waals surface area contributed by atoms with Crippen molar-refractivity contribution in [3.63, 3.8) is 0 Å². The van der Waals surface area contributed by atoms with Gasteiger partial charge in [-0.1, -0.05) is 29.8 Å². The van der Waals surface area contributed by atoms with Gasteiger partial charge in [-0.05, 0) is 23.8 Å². The maximum atomic E-state index is 12.6. The minimum Gasteiger partial charge on any atom is -0.443 e. The maximum Gasteiger partial charge on any atom is 0.279 e. The third-order valence-electron chi connectivity index (χ3n) is 4.48. The Morgan fingerprint density at radius 1 is 1.14 bits per heavy atom. The van der Waals surface area contributed by atoms with Gasteiger partial charge in [0.2, 0.25) is 0 Å². The molecule has 0 spiro atoms. The smallest absolute Gasteiger partial charge is 0.279 e. The number of carbonyl (C=O) groups is 1. The Morgan fingerprint density at radius 2 is 1.96 bits per heavy atom. The second kappa shape index (κ2) is 8.52. The lowest BCUT2D eigenvalue weighted by Gasteiger charge is -2.26. The van der Waals surface area contributed by atoms with Crippen LogP contribution in [0.3, 0.4) is 0 Å². The topological polar surface area (TPSA) is 80.5 Å². The van der Waals surface area contributed by atoms with Gasteiger partial charge in [0.25, 0.3) is 5.91 Å². The number of benzene rings is 1. The van der Waals surface area contributed by atoms with Crippen molar-refractivity contribution in [3.8, 4) is 11.3 Å². The summed E-state index contributed by atoms with van der Waals surface area (Å²) < 4.78 is 10.8. The summed E-state index contributed by atoms with van der Waals surface area (Å²) >= 11 is 6.21. The van der Waals surface area contributed by atoms with Crippen LogP contribution in [0.5, 0.6) is 0 Å². The predicted octanol–water partition coefficient (Wildman–Crippen LogP) is 3.47. The van der Waals surface area contributed by atoms with Gasteiger partial charge < -0.3 is 14.5 Å². The Bertz CT molecular complexity index is 952.